The Bertz CT molecular complexity index is 671. The molecule has 0 saturated carbocycles. The third-order valence-electron chi connectivity index (χ3n) is 2.57. The molecular weight excluding hydrogens is 268 g/mol. The van der Waals surface area contributed by atoms with Gasteiger partial charge in [0.25, 0.3) is 0 Å². The highest BCUT2D eigenvalue weighted by molar-refractivity contribution is 5.94. The van der Waals surface area contributed by atoms with Gasteiger partial charge in [0.1, 0.15) is 5.75 Å². The van der Waals surface area contributed by atoms with Gasteiger partial charge in [0.2, 0.25) is 0 Å². The van der Waals surface area contributed by atoms with Gasteiger partial charge in [-0.3, -0.25) is 0 Å². The zero-order valence-electron chi connectivity index (χ0n) is 11.2. The highest BCUT2D eigenvalue weighted by atomic mass is 19.2. The Morgan fingerprint density at radius 1 is 1.20 bits per heavy atom. The Hall–Kier alpha value is -2.24. The number of halogens is 2. The fourth-order valence-electron chi connectivity index (χ4n) is 1.75. The number of rotatable bonds is 3. The topological polar surface area (TPSA) is 48.4 Å². The molecule has 0 bridgehead atoms. The van der Waals surface area contributed by atoms with Gasteiger partial charge in [-0.2, -0.15) is 0 Å². The molecule has 0 spiro atoms. The van der Waals surface area contributed by atoms with Crippen molar-refractivity contribution in [3.05, 3.63) is 35.5 Å². The number of nitrogens with zero attached hydrogens (tertiary/aromatic N) is 1. The smallest absolute Gasteiger partial charge is 0.356 e. The minimum atomic E-state index is -1.04. The van der Waals surface area contributed by atoms with E-state index in [1.54, 1.807) is 13.8 Å². The first-order chi connectivity index (χ1) is 9.42. The molecular formula is C14H13F2NO3. The Labute approximate surface area is 114 Å². The molecule has 1 heterocycles. The number of benzene rings is 1. The Morgan fingerprint density at radius 3 is 2.45 bits per heavy atom. The van der Waals surface area contributed by atoms with Gasteiger partial charge in [0.15, 0.2) is 17.3 Å². The molecule has 0 radical (unpaired) electrons. The normalized spacial score (nSPS) is 10.9. The van der Waals surface area contributed by atoms with Crippen LogP contribution in [0.25, 0.3) is 10.9 Å². The maximum Gasteiger partial charge on any atom is 0.356 e. The predicted molar refractivity (Wildman–Crippen MR) is 68.8 cm³/mol. The van der Waals surface area contributed by atoms with Gasteiger partial charge in [-0.05, 0) is 19.9 Å². The van der Waals surface area contributed by atoms with E-state index in [-0.39, 0.29) is 23.1 Å². The van der Waals surface area contributed by atoms with Crippen LogP contribution in [0.3, 0.4) is 0 Å². The van der Waals surface area contributed by atoms with Gasteiger partial charge in [0, 0.05) is 17.5 Å². The third-order valence-corrected chi connectivity index (χ3v) is 2.57. The van der Waals surface area contributed by atoms with Crippen molar-refractivity contribution in [2.24, 2.45) is 0 Å². The lowest BCUT2D eigenvalue weighted by Crippen LogP contribution is -2.10. The van der Waals surface area contributed by atoms with Gasteiger partial charge in [0.05, 0.1) is 18.7 Å². The standard InChI is InChI=1S/C14H13F2NO3/c1-7(2)20-13-6-12(14(18)19-3)17-11-5-10(16)9(15)4-8(11)13/h4-7H,1-3H3. The van der Waals surface area contributed by atoms with Crippen LogP contribution in [0.5, 0.6) is 5.75 Å². The van der Waals surface area contributed by atoms with Crippen LogP contribution in [-0.2, 0) is 4.74 Å². The zero-order chi connectivity index (χ0) is 14.9. The van der Waals surface area contributed by atoms with Crippen molar-refractivity contribution < 1.29 is 23.0 Å². The summed E-state index contributed by atoms with van der Waals surface area (Å²) in [4.78, 5) is 15.5. The van der Waals surface area contributed by atoms with Crippen LogP contribution < -0.4 is 4.74 Å². The van der Waals surface area contributed by atoms with Gasteiger partial charge < -0.3 is 9.47 Å². The van der Waals surface area contributed by atoms with Crippen LogP contribution >= 0.6 is 0 Å². The zero-order valence-corrected chi connectivity index (χ0v) is 11.2. The van der Waals surface area contributed by atoms with Crippen LogP contribution in [0.15, 0.2) is 18.2 Å². The second-order valence-corrected chi connectivity index (χ2v) is 4.45. The maximum atomic E-state index is 13.3. The summed E-state index contributed by atoms with van der Waals surface area (Å²) in [5.41, 5.74) is 0.101. The fourth-order valence-corrected chi connectivity index (χ4v) is 1.75. The summed E-state index contributed by atoms with van der Waals surface area (Å²) in [5.74, 6) is -2.46. The van der Waals surface area contributed by atoms with E-state index in [9.17, 15) is 13.6 Å². The maximum absolute atomic E-state index is 13.3. The van der Waals surface area contributed by atoms with Gasteiger partial charge in [-0.25, -0.2) is 18.6 Å². The molecule has 0 N–H and O–H groups in total. The van der Waals surface area contributed by atoms with Crippen molar-refractivity contribution in [3.63, 3.8) is 0 Å². The SMILES string of the molecule is COC(=O)c1cc(OC(C)C)c2cc(F)c(F)cc2n1. The molecule has 2 rings (SSSR count). The van der Waals surface area contributed by atoms with E-state index in [4.69, 9.17) is 4.74 Å². The summed E-state index contributed by atoms with van der Waals surface area (Å²) in [6.07, 6.45) is -0.195. The number of carbonyl (C=O) groups is 1. The van der Waals surface area contributed by atoms with E-state index in [1.807, 2.05) is 0 Å². The van der Waals surface area contributed by atoms with Crippen molar-refractivity contribution in [1.29, 1.82) is 0 Å². The molecule has 0 saturated heterocycles. The predicted octanol–water partition coefficient (Wildman–Crippen LogP) is 3.09. The fraction of sp³-hybridized carbons (Fsp3) is 0.286. The molecule has 0 amide bonds. The molecule has 6 heteroatoms. The number of carbonyl (C=O) groups excluding carboxylic acids is 1. The van der Waals surface area contributed by atoms with Crippen molar-refractivity contribution in [2.75, 3.05) is 7.11 Å². The first-order valence-electron chi connectivity index (χ1n) is 5.97. The Balaban J connectivity index is 2.70. The molecule has 4 nitrogen and oxygen atoms in total. The second kappa shape index (κ2) is 5.40. The molecule has 0 aliphatic rings. The quantitative estimate of drug-likeness (QED) is 0.811. The second-order valence-electron chi connectivity index (χ2n) is 4.45. The van der Waals surface area contributed by atoms with Crippen LogP contribution in [-0.4, -0.2) is 24.2 Å². The molecule has 0 unspecified atom stereocenters. The summed E-state index contributed by atoms with van der Waals surface area (Å²) in [6, 6.07) is 3.27. The lowest BCUT2D eigenvalue weighted by molar-refractivity contribution is 0.0593. The van der Waals surface area contributed by atoms with Crippen LogP contribution in [0.4, 0.5) is 8.78 Å². The number of esters is 1. The van der Waals surface area contributed by atoms with E-state index in [1.165, 1.54) is 13.2 Å². The Kier molecular flexibility index (Phi) is 3.83. The minimum absolute atomic E-state index is 0.0262. The lowest BCUT2D eigenvalue weighted by atomic mass is 10.1. The van der Waals surface area contributed by atoms with Crippen LogP contribution in [0, 0.1) is 11.6 Å². The molecule has 0 aliphatic carbocycles. The highest BCUT2D eigenvalue weighted by Crippen LogP contribution is 2.28. The lowest BCUT2D eigenvalue weighted by Gasteiger charge is -2.13. The average molecular weight is 281 g/mol. The first kappa shape index (κ1) is 14.2. The summed E-state index contributed by atoms with van der Waals surface area (Å²) in [5, 5.41) is 0.297. The number of fused-ring (bicyclic) bond motifs is 1. The van der Waals surface area contributed by atoms with Gasteiger partial charge in [-0.1, -0.05) is 0 Å². The van der Waals surface area contributed by atoms with E-state index >= 15 is 0 Å². The Morgan fingerprint density at radius 2 is 1.85 bits per heavy atom. The van der Waals surface area contributed by atoms with Crippen molar-refractivity contribution in [3.8, 4) is 5.75 Å². The number of hydrogen-bond acceptors (Lipinski definition) is 4. The van der Waals surface area contributed by atoms with Gasteiger partial charge >= 0.3 is 5.97 Å². The number of aromatic nitrogens is 1. The summed E-state index contributed by atoms with van der Waals surface area (Å²) >= 11 is 0. The minimum Gasteiger partial charge on any atom is -0.490 e. The van der Waals surface area contributed by atoms with Crippen molar-refractivity contribution >= 4 is 16.9 Å². The molecule has 0 aliphatic heterocycles. The van der Waals surface area contributed by atoms with E-state index in [0.29, 0.717) is 5.39 Å². The highest BCUT2D eigenvalue weighted by Gasteiger charge is 2.16. The van der Waals surface area contributed by atoms with Crippen molar-refractivity contribution in [2.45, 2.75) is 20.0 Å². The number of hydrogen-bond donors (Lipinski definition) is 0. The van der Waals surface area contributed by atoms with Crippen LogP contribution in [0.1, 0.15) is 24.3 Å². The monoisotopic (exact) mass is 281 g/mol. The molecule has 0 fully saturated rings. The largest absolute Gasteiger partial charge is 0.490 e. The third kappa shape index (κ3) is 2.68. The van der Waals surface area contributed by atoms with E-state index in [0.717, 1.165) is 12.1 Å². The average Bonchev–Trinajstić information content (AvgIpc) is 2.39. The molecule has 1 aromatic carbocycles. The number of ether oxygens (including phenoxy) is 2. The summed E-state index contributed by atoms with van der Waals surface area (Å²) < 4.78 is 36.7. The van der Waals surface area contributed by atoms with Crippen LogP contribution in [0.2, 0.25) is 0 Å². The molecule has 0 atom stereocenters. The molecule has 2 aromatic rings. The van der Waals surface area contributed by atoms with E-state index < -0.39 is 17.6 Å². The molecule has 1 aromatic heterocycles. The van der Waals surface area contributed by atoms with Gasteiger partial charge in [-0.15, -0.1) is 0 Å². The number of methoxy groups -OCH3 is 1. The van der Waals surface area contributed by atoms with Crippen molar-refractivity contribution in [1.82, 2.24) is 4.98 Å². The molecule has 20 heavy (non-hydrogen) atoms. The first-order valence-corrected chi connectivity index (χ1v) is 5.97. The molecule has 106 valence electrons. The summed E-state index contributed by atoms with van der Waals surface area (Å²) in [7, 11) is 1.21. The summed E-state index contributed by atoms with van der Waals surface area (Å²) in [6.45, 7) is 3.56. The number of pyridine rings is 1. The van der Waals surface area contributed by atoms with E-state index in [2.05, 4.69) is 9.72 Å².